The van der Waals surface area contributed by atoms with E-state index in [1.54, 1.807) is 0 Å². The Morgan fingerprint density at radius 3 is 2.89 bits per heavy atom. The Hall–Kier alpha value is -1.09. The van der Waals surface area contributed by atoms with Crippen molar-refractivity contribution in [2.75, 3.05) is 11.9 Å². The van der Waals surface area contributed by atoms with Crippen LogP contribution in [-0.2, 0) is 0 Å². The van der Waals surface area contributed by atoms with Gasteiger partial charge in [-0.2, -0.15) is 0 Å². The summed E-state index contributed by atoms with van der Waals surface area (Å²) >= 11 is 3.59. The first-order valence-corrected chi connectivity index (χ1v) is 7.78. The van der Waals surface area contributed by atoms with E-state index < -0.39 is 0 Å². The minimum atomic E-state index is 0.819. The number of aromatic nitrogens is 1. The van der Waals surface area contributed by atoms with Crippen LogP contribution in [0.15, 0.2) is 34.9 Å². The van der Waals surface area contributed by atoms with Crippen LogP contribution in [-0.4, -0.2) is 11.5 Å². The summed E-state index contributed by atoms with van der Waals surface area (Å²) in [4.78, 5) is 4.42. The summed E-state index contributed by atoms with van der Waals surface area (Å²) < 4.78 is 1.04. The Morgan fingerprint density at radius 2 is 2.11 bits per heavy atom. The van der Waals surface area contributed by atoms with E-state index in [1.165, 1.54) is 24.6 Å². The maximum Gasteiger partial charge on any atom is 0.0723 e. The molecule has 0 saturated carbocycles. The number of fused-ring (bicyclic) bond motifs is 1. The van der Waals surface area contributed by atoms with Crippen molar-refractivity contribution < 1.29 is 0 Å². The topological polar surface area (TPSA) is 24.9 Å². The van der Waals surface area contributed by atoms with Crippen molar-refractivity contribution in [1.29, 1.82) is 0 Å². The Labute approximate surface area is 123 Å². The largest absolute Gasteiger partial charge is 0.384 e. The number of pyridine rings is 1. The standard InChI is InChI=1S/C16H21BrN2/c1-3-12(2)7-6-10-18-16-13-8-4-5-9-15(13)19-11-14(16)17/h4-5,8-9,11-12H,3,6-7,10H2,1-2H3,(H,18,19). The molecule has 0 amide bonds. The van der Waals surface area contributed by atoms with Crippen molar-refractivity contribution in [3.8, 4) is 0 Å². The third-order valence-electron chi connectivity index (χ3n) is 3.60. The van der Waals surface area contributed by atoms with Gasteiger partial charge >= 0.3 is 0 Å². The molecule has 1 N–H and O–H groups in total. The monoisotopic (exact) mass is 320 g/mol. The second-order valence-electron chi connectivity index (χ2n) is 5.08. The van der Waals surface area contributed by atoms with Crippen molar-refractivity contribution >= 4 is 32.5 Å². The fourth-order valence-electron chi connectivity index (χ4n) is 2.16. The minimum absolute atomic E-state index is 0.819. The van der Waals surface area contributed by atoms with Gasteiger partial charge in [0.1, 0.15) is 0 Å². The molecule has 19 heavy (non-hydrogen) atoms. The molecular formula is C16H21BrN2. The summed E-state index contributed by atoms with van der Waals surface area (Å²) in [5, 5.41) is 4.73. The first-order chi connectivity index (χ1) is 9.22. The Kier molecular flexibility index (Phi) is 5.20. The molecule has 0 fully saturated rings. The zero-order valence-corrected chi connectivity index (χ0v) is 13.2. The Bertz CT molecular complexity index is 539. The van der Waals surface area contributed by atoms with Gasteiger partial charge in [0.25, 0.3) is 0 Å². The van der Waals surface area contributed by atoms with E-state index in [0.29, 0.717) is 0 Å². The molecule has 0 saturated heterocycles. The zero-order chi connectivity index (χ0) is 13.7. The van der Waals surface area contributed by atoms with Gasteiger partial charge in [-0.25, -0.2) is 0 Å². The van der Waals surface area contributed by atoms with E-state index in [2.05, 4.69) is 52.2 Å². The molecule has 0 aliphatic rings. The second-order valence-corrected chi connectivity index (χ2v) is 5.94. The highest BCUT2D eigenvalue weighted by Crippen LogP contribution is 2.29. The Balaban J connectivity index is 2.05. The number of halogens is 1. The van der Waals surface area contributed by atoms with Gasteiger partial charge < -0.3 is 5.32 Å². The lowest BCUT2D eigenvalue weighted by molar-refractivity contribution is 0.503. The number of nitrogens with zero attached hydrogens (tertiary/aromatic N) is 1. The summed E-state index contributed by atoms with van der Waals surface area (Å²) in [6.45, 7) is 5.58. The molecule has 0 aliphatic carbocycles. The lowest BCUT2D eigenvalue weighted by atomic mass is 10.0. The predicted molar refractivity (Wildman–Crippen MR) is 86.6 cm³/mol. The molecule has 1 atom stereocenters. The smallest absolute Gasteiger partial charge is 0.0723 e. The number of hydrogen-bond donors (Lipinski definition) is 1. The molecule has 1 aromatic heterocycles. The number of hydrogen-bond acceptors (Lipinski definition) is 2. The summed E-state index contributed by atoms with van der Waals surface area (Å²) in [6.07, 6.45) is 5.63. The third kappa shape index (κ3) is 3.69. The van der Waals surface area contributed by atoms with E-state index >= 15 is 0 Å². The maximum atomic E-state index is 4.42. The fourth-order valence-corrected chi connectivity index (χ4v) is 2.62. The number of para-hydroxylation sites is 1. The van der Waals surface area contributed by atoms with Crippen LogP contribution in [0.3, 0.4) is 0 Å². The van der Waals surface area contributed by atoms with Gasteiger partial charge in [0, 0.05) is 18.1 Å². The first-order valence-electron chi connectivity index (χ1n) is 6.99. The lowest BCUT2D eigenvalue weighted by Gasteiger charge is -2.13. The minimum Gasteiger partial charge on any atom is -0.384 e. The summed E-state index contributed by atoms with van der Waals surface area (Å²) in [6, 6.07) is 8.24. The SMILES string of the molecule is CCC(C)CCCNc1c(Br)cnc2ccccc12. The zero-order valence-electron chi connectivity index (χ0n) is 11.6. The van der Waals surface area contributed by atoms with E-state index in [0.717, 1.165) is 28.1 Å². The van der Waals surface area contributed by atoms with Crippen LogP contribution in [0.5, 0.6) is 0 Å². The van der Waals surface area contributed by atoms with Crippen LogP contribution >= 0.6 is 15.9 Å². The predicted octanol–water partition coefficient (Wildman–Crippen LogP) is 5.24. The van der Waals surface area contributed by atoms with Crippen LogP contribution in [0.2, 0.25) is 0 Å². The average molecular weight is 321 g/mol. The Morgan fingerprint density at radius 1 is 1.32 bits per heavy atom. The van der Waals surface area contributed by atoms with Gasteiger partial charge in [-0.3, -0.25) is 4.98 Å². The van der Waals surface area contributed by atoms with Crippen molar-refractivity contribution in [2.24, 2.45) is 5.92 Å². The van der Waals surface area contributed by atoms with Crippen molar-refractivity contribution in [2.45, 2.75) is 33.1 Å². The number of anilines is 1. The molecule has 0 aliphatic heterocycles. The van der Waals surface area contributed by atoms with Crippen LogP contribution in [0, 0.1) is 5.92 Å². The molecule has 2 aromatic rings. The van der Waals surface area contributed by atoms with Gasteiger partial charge in [0.2, 0.25) is 0 Å². The van der Waals surface area contributed by atoms with Crippen LogP contribution in [0.25, 0.3) is 10.9 Å². The molecule has 0 spiro atoms. The van der Waals surface area contributed by atoms with Crippen molar-refractivity contribution in [1.82, 2.24) is 4.98 Å². The molecular weight excluding hydrogens is 300 g/mol. The summed E-state index contributed by atoms with van der Waals surface area (Å²) in [7, 11) is 0. The maximum absolute atomic E-state index is 4.42. The molecule has 102 valence electrons. The fraction of sp³-hybridized carbons (Fsp3) is 0.438. The molecule has 1 aromatic carbocycles. The summed E-state index contributed by atoms with van der Waals surface area (Å²) in [5.74, 6) is 0.819. The van der Waals surface area contributed by atoms with E-state index in [4.69, 9.17) is 0 Å². The quantitative estimate of drug-likeness (QED) is 0.736. The van der Waals surface area contributed by atoms with Crippen LogP contribution < -0.4 is 5.32 Å². The van der Waals surface area contributed by atoms with E-state index in [-0.39, 0.29) is 0 Å². The van der Waals surface area contributed by atoms with Gasteiger partial charge in [-0.05, 0) is 40.8 Å². The van der Waals surface area contributed by atoms with Crippen molar-refractivity contribution in [3.63, 3.8) is 0 Å². The van der Waals surface area contributed by atoms with E-state index in [1.807, 2.05) is 18.3 Å². The highest BCUT2D eigenvalue weighted by atomic mass is 79.9. The normalized spacial score (nSPS) is 12.6. The lowest BCUT2D eigenvalue weighted by Crippen LogP contribution is -2.05. The van der Waals surface area contributed by atoms with Gasteiger partial charge in [-0.1, -0.05) is 38.5 Å². The van der Waals surface area contributed by atoms with Gasteiger partial charge in [-0.15, -0.1) is 0 Å². The molecule has 1 unspecified atom stereocenters. The highest BCUT2D eigenvalue weighted by molar-refractivity contribution is 9.10. The number of nitrogens with one attached hydrogen (secondary N) is 1. The van der Waals surface area contributed by atoms with Gasteiger partial charge in [0.05, 0.1) is 15.7 Å². The molecule has 2 rings (SSSR count). The molecule has 0 radical (unpaired) electrons. The second kappa shape index (κ2) is 6.90. The molecule has 3 heteroatoms. The average Bonchev–Trinajstić information content (AvgIpc) is 2.45. The number of benzene rings is 1. The van der Waals surface area contributed by atoms with Gasteiger partial charge in [0.15, 0.2) is 0 Å². The van der Waals surface area contributed by atoms with Crippen LogP contribution in [0.4, 0.5) is 5.69 Å². The molecule has 2 nitrogen and oxygen atoms in total. The number of rotatable bonds is 6. The summed E-state index contributed by atoms with van der Waals surface area (Å²) in [5.41, 5.74) is 2.20. The third-order valence-corrected chi connectivity index (χ3v) is 4.20. The van der Waals surface area contributed by atoms with Crippen LogP contribution in [0.1, 0.15) is 33.1 Å². The van der Waals surface area contributed by atoms with Crippen molar-refractivity contribution in [3.05, 3.63) is 34.9 Å². The first kappa shape index (κ1) is 14.3. The molecule has 0 bridgehead atoms. The van der Waals surface area contributed by atoms with E-state index in [9.17, 15) is 0 Å². The molecule has 1 heterocycles. The highest BCUT2D eigenvalue weighted by Gasteiger charge is 2.06.